The van der Waals surface area contributed by atoms with E-state index in [0.717, 1.165) is 25.7 Å². The molecule has 162 valence electrons. The van der Waals surface area contributed by atoms with E-state index in [-0.39, 0.29) is 29.3 Å². The summed E-state index contributed by atoms with van der Waals surface area (Å²) >= 11 is 6.59. The lowest BCUT2D eigenvalue weighted by molar-refractivity contribution is -0.140. The first-order valence-electron chi connectivity index (χ1n) is 11.2. The number of hydrogen-bond donors (Lipinski definition) is 1. The van der Waals surface area contributed by atoms with Gasteiger partial charge in [0.25, 0.3) is 0 Å². The van der Waals surface area contributed by atoms with Gasteiger partial charge in [0, 0.05) is 17.7 Å². The first kappa shape index (κ1) is 24.0. The second-order valence-corrected chi connectivity index (χ2v) is 8.80. The molecule has 1 aromatic rings. The summed E-state index contributed by atoms with van der Waals surface area (Å²) in [5.74, 6) is 0.164. The number of carbonyl (C=O) groups excluding carboxylic acids is 1. The summed E-state index contributed by atoms with van der Waals surface area (Å²) in [7, 11) is 1.42. The van der Waals surface area contributed by atoms with Crippen molar-refractivity contribution >= 4 is 17.6 Å². The van der Waals surface area contributed by atoms with E-state index < -0.39 is 0 Å². The highest BCUT2D eigenvalue weighted by atomic mass is 35.5. The first-order chi connectivity index (χ1) is 14.1. The number of ether oxygens (including phenoxy) is 1. The predicted octanol–water partition coefficient (Wildman–Crippen LogP) is 6.17. The number of benzene rings is 1. The Labute approximate surface area is 181 Å². The predicted molar refractivity (Wildman–Crippen MR) is 120 cm³/mol. The van der Waals surface area contributed by atoms with Crippen molar-refractivity contribution in [1.82, 2.24) is 0 Å². The monoisotopic (exact) mass is 420 g/mol. The minimum atomic E-state index is -0.384. The molecule has 0 unspecified atom stereocenters. The maximum Gasteiger partial charge on any atom is 0.305 e. The molecule has 4 heteroatoms. The molecule has 2 rings (SSSR count). The fourth-order valence-electron chi connectivity index (χ4n) is 4.33. The van der Waals surface area contributed by atoms with Crippen molar-refractivity contribution in [2.75, 3.05) is 7.11 Å². The smallest absolute Gasteiger partial charge is 0.305 e. The molecule has 0 bridgehead atoms. The fraction of sp³-hybridized carbons (Fsp3) is 0.640. The van der Waals surface area contributed by atoms with Crippen LogP contribution >= 0.6 is 11.6 Å². The van der Waals surface area contributed by atoms with E-state index >= 15 is 0 Å². The van der Waals surface area contributed by atoms with Gasteiger partial charge in [0.15, 0.2) is 0 Å². The van der Waals surface area contributed by atoms with Crippen molar-refractivity contribution < 1.29 is 14.6 Å². The van der Waals surface area contributed by atoms with Crippen LogP contribution in [0.15, 0.2) is 36.4 Å². The molecule has 0 radical (unpaired) electrons. The Kier molecular flexibility index (Phi) is 10.8. The van der Waals surface area contributed by atoms with Gasteiger partial charge in [-0.3, -0.25) is 4.79 Å². The lowest BCUT2D eigenvalue weighted by Crippen LogP contribution is -2.18. The molecule has 1 aliphatic rings. The molecule has 1 saturated carbocycles. The van der Waals surface area contributed by atoms with Crippen LogP contribution in [0, 0.1) is 5.92 Å². The van der Waals surface area contributed by atoms with Crippen LogP contribution in [-0.2, 0) is 16.0 Å². The number of aryl methyl sites for hydroxylation is 1. The van der Waals surface area contributed by atoms with Crippen LogP contribution in [0.1, 0.15) is 81.8 Å². The molecule has 1 fully saturated rings. The standard InChI is InChI=1S/C25H37ClO3/c1-3-4-5-8-11-19-14-16-20(17-15-19)25-21(22(26)18-23(25)27)12-9-6-7-10-13-24(28)29-2/h6,9,14-17,21-23,25,27H,3-5,7-8,10-13,18H2,1-2H3/b9-6-/t21-,22+,23+,25+/m0/s1. The zero-order valence-electron chi connectivity index (χ0n) is 18.0. The molecule has 1 N–H and O–H groups in total. The molecule has 0 heterocycles. The minimum absolute atomic E-state index is 0.0107. The molecule has 0 saturated heterocycles. The van der Waals surface area contributed by atoms with Crippen LogP contribution in [0.2, 0.25) is 0 Å². The van der Waals surface area contributed by atoms with Crippen LogP contribution < -0.4 is 0 Å². The molecule has 0 spiro atoms. The molecule has 3 nitrogen and oxygen atoms in total. The largest absolute Gasteiger partial charge is 0.469 e. The number of aliphatic hydroxyl groups is 1. The normalized spacial score (nSPS) is 24.3. The summed E-state index contributed by atoms with van der Waals surface area (Å²) in [5, 5.41) is 10.6. The van der Waals surface area contributed by atoms with Gasteiger partial charge in [-0.2, -0.15) is 0 Å². The maximum atomic E-state index is 11.2. The summed E-state index contributed by atoms with van der Waals surface area (Å²) in [5.41, 5.74) is 2.57. The van der Waals surface area contributed by atoms with E-state index in [0.29, 0.717) is 12.8 Å². The molecular weight excluding hydrogens is 384 g/mol. The highest BCUT2D eigenvalue weighted by molar-refractivity contribution is 6.21. The molecule has 4 atom stereocenters. The summed E-state index contributed by atoms with van der Waals surface area (Å²) in [6.07, 6.45) is 13.7. The van der Waals surface area contributed by atoms with E-state index in [4.69, 9.17) is 11.6 Å². The number of unbranched alkanes of at least 4 members (excludes halogenated alkanes) is 4. The van der Waals surface area contributed by atoms with E-state index in [2.05, 4.69) is 48.1 Å². The van der Waals surface area contributed by atoms with Gasteiger partial charge in [0.05, 0.1) is 13.2 Å². The Bertz CT molecular complexity index is 625. The first-order valence-corrected chi connectivity index (χ1v) is 11.6. The summed E-state index contributed by atoms with van der Waals surface area (Å²) in [6, 6.07) is 8.81. The van der Waals surface area contributed by atoms with Crippen LogP contribution in [-0.4, -0.2) is 29.7 Å². The minimum Gasteiger partial charge on any atom is -0.469 e. The van der Waals surface area contributed by atoms with E-state index in [1.807, 2.05) is 0 Å². The molecule has 0 amide bonds. The average Bonchev–Trinajstić information content (AvgIpc) is 3.01. The van der Waals surface area contributed by atoms with Crippen LogP contribution in [0.3, 0.4) is 0 Å². The van der Waals surface area contributed by atoms with Gasteiger partial charge in [-0.1, -0.05) is 62.6 Å². The van der Waals surface area contributed by atoms with Crippen molar-refractivity contribution in [2.24, 2.45) is 5.92 Å². The Hall–Kier alpha value is -1.32. The zero-order valence-corrected chi connectivity index (χ0v) is 18.7. The summed E-state index contributed by atoms with van der Waals surface area (Å²) in [4.78, 5) is 11.2. The Morgan fingerprint density at radius 1 is 1.17 bits per heavy atom. The lowest BCUT2D eigenvalue weighted by Gasteiger charge is -2.23. The number of rotatable bonds is 12. The van der Waals surface area contributed by atoms with Crippen molar-refractivity contribution in [3.05, 3.63) is 47.5 Å². The number of allylic oxidation sites excluding steroid dienone is 2. The number of hydrogen-bond acceptors (Lipinski definition) is 3. The molecular formula is C25H37ClO3. The van der Waals surface area contributed by atoms with Gasteiger partial charge < -0.3 is 9.84 Å². The molecule has 29 heavy (non-hydrogen) atoms. The van der Waals surface area contributed by atoms with E-state index in [1.165, 1.54) is 43.9 Å². The van der Waals surface area contributed by atoms with Crippen LogP contribution in [0.5, 0.6) is 0 Å². The number of alkyl halides is 1. The Morgan fingerprint density at radius 3 is 2.62 bits per heavy atom. The third-order valence-corrected chi connectivity index (χ3v) is 6.55. The third kappa shape index (κ3) is 7.79. The van der Waals surface area contributed by atoms with Gasteiger partial charge in [-0.05, 0) is 55.6 Å². The van der Waals surface area contributed by atoms with Gasteiger partial charge in [-0.25, -0.2) is 0 Å². The van der Waals surface area contributed by atoms with Crippen molar-refractivity contribution in [3.63, 3.8) is 0 Å². The SMILES string of the molecule is CCCCCCc1ccc([C@@H]2[C@@H](C/C=C\CCCC(=O)OC)[C@H](Cl)C[C@H]2O)cc1. The quantitative estimate of drug-likeness (QED) is 0.190. The number of esters is 1. The van der Waals surface area contributed by atoms with Crippen LogP contribution in [0.4, 0.5) is 0 Å². The van der Waals surface area contributed by atoms with Crippen molar-refractivity contribution in [2.45, 2.75) is 88.5 Å². The third-order valence-electron chi connectivity index (χ3n) is 6.04. The Morgan fingerprint density at radius 2 is 1.93 bits per heavy atom. The van der Waals surface area contributed by atoms with Gasteiger partial charge in [0.2, 0.25) is 0 Å². The molecule has 0 aromatic heterocycles. The van der Waals surface area contributed by atoms with E-state index in [1.54, 1.807) is 0 Å². The topological polar surface area (TPSA) is 46.5 Å². The number of aliphatic hydroxyl groups excluding tert-OH is 1. The summed E-state index contributed by atoms with van der Waals surface area (Å²) in [6.45, 7) is 2.24. The van der Waals surface area contributed by atoms with Crippen LogP contribution in [0.25, 0.3) is 0 Å². The molecule has 1 aromatic carbocycles. The van der Waals surface area contributed by atoms with Crippen molar-refractivity contribution in [3.8, 4) is 0 Å². The molecule has 0 aliphatic heterocycles. The van der Waals surface area contributed by atoms with Crippen molar-refractivity contribution in [1.29, 1.82) is 0 Å². The van der Waals surface area contributed by atoms with Gasteiger partial charge >= 0.3 is 5.97 Å². The lowest BCUT2D eigenvalue weighted by atomic mass is 9.85. The number of carbonyl (C=O) groups is 1. The number of halogens is 1. The average molecular weight is 421 g/mol. The van der Waals surface area contributed by atoms with Gasteiger partial charge in [0.1, 0.15) is 0 Å². The second-order valence-electron chi connectivity index (χ2n) is 8.24. The van der Waals surface area contributed by atoms with E-state index in [9.17, 15) is 9.90 Å². The highest BCUT2D eigenvalue weighted by Crippen LogP contribution is 2.44. The Balaban J connectivity index is 1.89. The highest BCUT2D eigenvalue weighted by Gasteiger charge is 2.41. The second kappa shape index (κ2) is 13.1. The summed E-state index contributed by atoms with van der Waals surface area (Å²) < 4.78 is 4.66. The fourth-order valence-corrected chi connectivity index (χ4v) is 4.77. The maximum absolute atomic E-state index is 11.2. The zero-order chi connectivity index (χ0) is 21.1. The molecule has 1 aliphatic carbocycles. The number of methoxy groups -OCH3 is 1. The van der Waals surface area contributed by atoms with Gasteiger partial charge in [-0.15, -0.1) is 11.6 Å².